The third-order valence-electron chi connectivity index (χ3n) is 2.77. The van der Waals surface area contributed by atoms with Crippen LogP contribution in [0.3, 0.4) is 0 Å². The molecule has 0 radical (unpaired) electrons. The Morgan fingerprint density at radius 1 is 1.56 bits per heavy atom. The molecule has 2 nitrogen and oxygen atoms in total. The van der Waals surface area contributed by atoms with Gasteiger partial charge in [0.15, 0.2) is 5.78 Å². The van der Waals surface area contributed by atoms with Crippen molar-refractivity contribution in [3.05, 3.63) is 34.1 Å². The Kier molecular flexibility index (Phi) is 3.40. The molecule has 1 aliphatic heterocycles. The predicted molar refractivity (Wildman–Crippen MR) is 62.0 cm³/mol. The lowest BCUT2D eigenvalue weighted by Crippen LogP contribution is -2.14. The molecular formula is C12H12BrFO2. The number of hydrogen-bond donors (Lipinski definition) is 0. The summed E-state index contributed by atoms with van der Waals surface area (Å²) in [6, 6.07) is 4.35. The largest absolute Gasteiger partial charge is 0.378 e. The van der Waals surface area contributed by atoms with Gasteiger partial charge in [0, 0.05) is 11.5 Å². The third kappa shape index (κ3) is 2.33. The summed E-state index contributed by atoms with van der Waals surface area (Å²) in [6.45, 7) is 2.42. The lowest BCUT2D eigenvalue weighted by atomic mass is 9.95. The summed E-state index contributed by atoms with van der Waals surface area (Å²) >= 11 is 3.08. The molecule has 0 amide bonds. The van der Waals surface area contributed by atoms with Crippen LogP contribution in [0.5, 0.6) is 0 Å². The molecule has 1 saturated heterocycles. The van der Waals surface area contributed by atoms with E-state index in [-0.39, 0.29) is 23.6 Å². The summed E-state index contributed by atoms with van der Waals surface area (Å²) in [5, 5.41) is 0. The van der Waals surface area contributed by atoms with Gasteiger partial charge in [0.05, 0.1) is 17.2 Å². The maximum absolute atomic E-state index is 13.0. The Morgan fingerprint density at radius 3 is 2.88 bits per heavy atom. The Labute approximate surface area is 102 Å². The van der Waals surface area contributed by atoms with Crippen molar-refractivity contribution in [3.8, 4) is 0 Å². The average molecular weight is 287 g/mol. The van der Waals surface area contributed by atoms with Gasteiger partial charge < -0.3 is 4.74 Å². The third-order valence-corrected chi connectivity index (χ3v) is 3.38. The second kappa shape index (κ2) is 4.63. The van der Waals surface area contributed by atoms with Crippen molar-refractivity contribution in [2.75, 3.05) is 6.61 Å². The van der Waals surface area contributed by atoms with Gasteiger partial charge in [-0.15, -0.1) is 0 Å². The van der Waals surface area contributed by atoms with Crippen LogP contribution in [-0.4, -0.2) is 18.5 Å². The minimum absolute atomic E-state index is 0.0325. The molecule has 1 fully saturated rings. The zero-order chi connectivity index (χ0) is 11.7. The molecule has 2 unspecified atom stereocenters. The molecule has 2 atom stereocenters. The maximum Gasteiger partial charge on any atom is 0.168 e. The maximum atomic E-state index is 13.0. The minimum atomic E-state index is -0.354. The van der Waals surface area contributed by atoms with Gasteiger partial charge in [-0.1, -0.05) is 0 Å². The van der Waals surface area contributed by atoms with E-state index in [1.54, 1.807) is 0 Å². The standard InChI is InChI=1S/C12H12BrFO2/c1-7-4-9(6-16-7)12(15)8-2-3-11(14)10(13)5-8/h2-3,5,7,9H,4,6H2,1H3. The zero-order valence-corrected chi connectivity index (χ0v) is 10.5. The van der Waals surface area contributed by atoms with Crippen LogP contribution in [0.25, 0.3) is 0 Å². The monoisotopic (exact) mass is 286 g/mol. The average Bonchev–Trinajstić information content (AvgIpc) is 2.68. The van der Waals surface area contributed by atoms with E-state index in [4.69, 9.17) is 4.74 Å². The summed E-state index contributed by atoms with van der Waals surface area (Å²) in [5.74, 6) is -0.412. The lowest BCUT2D eigenvalue weighted by Gasteiger charge is -2.07. The Bertz CT molecular complexity index is 419. The Hall–Kier alpha value is -0.740. The highest BCUT2D eigenvalue weighted by atomic mass is 79.9. The molecule has 0 saturated carbocycles. The topological polar surface area (TPSA) is 26.3 Å². The first-order valence-electron chi connectivity index (χ1n) is 5.19. The van der Waals surface area contributed by atoms with E-state index in [1.807, 2.05) is 6.92 Å². The van der Waals surface area contributed by atoms with Gasteiger partial charge >= 0.3 is 0 Å². The number of Topliss-reactive ketones (excluding diaryl/α,β-unsaturated/α-hetero) is 1. The molecule has 1 heterocycles. The van der Waals surface area contributed by atoms with Gasteiger partial charge in [0.25, 0.3) is 0 Å². The number of ketones is 1. The zero-order valence-electron chi connectivity index (χ0n) is 8.87. The van der Waals surface area contributed by atoms with Crippen LogP contribution in [0, 0.1) is 11.7 Å². The highest BCUT2D eigenvalue weighted by Gasteiger charge is 2.29. The van der Waals surface area contributed by atoms with Crippen LogP contribution < -0.4 is 0 Å². The van der Waals surface area contributed by atoms with Crippen molar-refractivity contribution < 1.29 is 13.9 Å². The van der Waals surface area contributed by atoms with Crippen LogP contribution in [0.2, 0.25) is 0 Å². The highest BCUT2D eigenvalue weighted by Crippen LogP contribution is 2.25. The highest BCUT2D eigenvalue weighted by molar-refractivity contribution is 9.10. The van der Waals surface area contributed by atoms with Crippen LogP contribution in [0.1, 0.15) is 23.7 Å². The van der Waals surface area contributed by atoms with Gasteiger partial charge in [0.2, 0.25) is 0 Å². The quantitative estimate of drug-likeness (QED) is 0.781. The molecule has 0 spiro atoms. The van der Waals surface area contributed by atoms with Crippen LogP contribution in [-0.2, 0) is 4.74 Å². The predicted octanol–water partition coefficient (Wildman–Crippen LogP) is 3.20. The number of hydrogen-bond acceptors (Lipinski definition) is 2. The van der Waals surface area contributed by atoms with E-state index >= 15 is 0 Å². The van der Waals surface area contributed by atoms with Crippen molar-refractivity contribution >= 4 is 21.7 Å². The molecule has 4 heteroatoms. The van der Waals surface area contributed by atoms with Gasteiger partial charge in [-0.25, -0.2) is 4.39 Å². The molecule has 0 aromatic heterocycles. The number of carbonyl (C=O) groups excluding carboxylic acids is 1. The van der Waals surface area contributed by atoms with Gasteiger partial charge in [0.1, 0.15) is 5.82 Å². The van der Waals surface area contributed by atoms with Crippen molar-refractivity contribution in [2.24, 2.45) is 5.92 Å². The first-order chi connectivity index (χ1) is 7.58. The summed E-state index contributed by atoms with van der Waals surface area (Å²) in [6.07, 6.45) is 0.881. The second-order valence-corrected chi connectivity index (χ2v) is 4.92. The number of rotatable bonds is 2. The first-order valence-corrected chi connectivity index (χ1v) is 5.98. The molecule has 16 heavy (non-hydrogen) atoms. The smallest absolute Gasteiger partial charge is 0.168 e. The molecule has 1 aromatic rings. The normalized spacial score (nSPS) is 24.7. The van der Waals surface area contributed by atoms with Crippen molar-refractivity contribution in [2.45, 2.75) is 19.4 Å². The van der Waals surface area contributed by atoms with E-state index in [9.17, 15) is 9.18 Å². The van der Waals surface area contributed by atoms with Crippen molar-refractivity contribution in [3.63, 3.8) is 0 Å². The van der Waals surface area contributed by atoms with Crippen molar-refractivity contribution in [1.82, 2.24) is 0 Å². The van der Waals surface area contributed by atoms with E-state index in [1.165, 1.54) is 18.2 Å². The molecule has 0 aliphatic carbocycles. The number of ether oxygens (including phenoxy) is 1. The Morgan fingerprint density at radius 2 is 2.31 bits per heavy atom. The Balaban J connectivity index is 2.18. The number of carbonyl (C=O) groups is 1. The van der Waals surface area contributed by atoms with Gasteiger partial charge in [-0.2, -0.15) is 0 Å². The molecule has 1 aliphatic rings. The number of benzene rings is 1. The van der Waals surface area contributed by atoms with E-state index < -0.39 is 0 Å². The van der Waals surface area contributed by atoms with Crippen LogP contribution >= 0.6 is 15.9 Å². The molecule has 0 bridgehead atoms. The molecular weight excluding hydrogens is 275 g/mol. The fourth-order valence-corrected chi connectivity index (χ4v) is 2.26. The van der Waals surface area contributed by atoms with E-state index in [0.29, 0.717) is 16.6 Å². The van der Waals surface area contributed by atoms with Gasteiger partial charge in [-0.05, 0) is 47.5 Å². The van der Waals surface area contributed by atoms with Crippen molar-refractivity contribution in [1.29, 1.82) is 0 Å². The summed E-state index contributed by atoms with van der Waals surface area (Å²) in [7, 11) is 0. The van der Waals surface area contributed by atoms with Crippen LogP contribution in [0.4, 0.5) is 4.39 Å². The second-order valence-electron chi connectivity index (χ2n) is 4.07. The SMILES string of the molecule is CC1CC(C(=O)c2ccc(F)c(Br)c2)CO1. The molecule has 1 aromatic carbocycles. The fraction of sp³-hybridized carbons (Fsp3) is 0.417. The molecule has 0 N–H and O–H groups in total. The van der Waals surface area contributed by atoms with E-state index in [0.717, 1.165) is 6.42 Å². The summed E-state index contributed by atoms with van der Waals surface area (Å²) in [4.78, 5) is 12.0. The molecule has 2 rings (SSSR count). The summed E-state index contributed by atoms with van der Waals surface area (Å²) in [5.41, 5.74) is 0.538. The lowest BCUT2D eigenvalue weighted by molar-refractivity contribution is 0.0877. The fourth-order valence-electron chi connectivity index (χ4n) is 1.88. The number of halogens is 2. The van der Waals surface area contributed by atoms with E-state index in [2.05, 4.69) is 15.9 Å². The first kappa shape index (κ1) is 11.7. The van der Waals surface area contributed by atoms with Crippen LogP contribution in [0.15, 0.2) is 22.7 Å². The summed E-state index contributed by atoms with van der Waals surface area (Å²) < 4.78 is 18.7. The minimum Gasteiger partial charge on any atom is -0.378 e. The molecule has 86 valence electrons. The van der Waals surface area contributed by atoms with Gasteiger partial charge in [-0.3, -0.25) is 4.79 Å².